The van der Waals surface area contributed by atoms with Crippen LogP contribution < -0.4 is 0 Å². The molecule has 0 amide bonds. The first-order chi connectivity index (χ1) is 15.6. The van der Waals surface area contributed by atoms with Gasteiger partial charge in [0.25, 0.3) is 0 Å². The van der Waals surface area contributed by atoms with E-state index in [9.17, 15) is 9.59 Å². The van der Waals surface area contributed by atoms with E-state index in [0.29, 0.717) is 0 Å². The zero-order valence-corrected chi connectivity index (χ0v) is 20.3. The average Bonchev–Trinajstić information content (AvgIpc) is 2.81. The van der Waals surface area contributed by atoms with E-state index in [4.69, 9.17) is 9.47 Å². The second-order valence-electron chi connectivity index (χ2n) is 9.00. The molecule has 0 saturated heterocycles. The van der Waals surface area contributed by atoms with Crippen LogP contribution in [0.2, 0.25) is 0 Å². The molecular formula is C29H36O4. The van der Waals surface area contributed by atoms with E-state index in [1.807, 2.05) is 13.8 Å². The van der Waals surface area contributed by atoms with Crippen molar-refractivity contribution in [2.75, 3.05) is 0 Å². The minimum absolute atomic E-state index is 0.128. The molecule has 2 atom stereocenters. The van der Waals surface area contributed by atoms with E-state index in [2.05, 4.69) is 75.5 Å². The SMILES string of the molecule is C=CC(=O)OC(C)CCc1ccc(C(C)(C)c2ccc(CCC(C)OC(=O)C=C)cc2)cc1. The zero-order valence-electron chi connectivity index (χ0n) is 20.3. The highest BCUT2D eigenvalue weighted by molar-refractivity contribution is 5.81. The van der Waals surface area contributed by atoms with Gasteiger partial charge in [-0.15, -0.1) is 0 Å². The van der Waals surface area contributed by atoms with Gasteiger partial charge < -0.3 is 9.47 Å². The van der Waals surface area contributed by atoms with Crippen molar-refractivity contribution in [1.82, 2.24) is 0 Å². The average molecular weight is 449 g/mol. The molecule has 2 rings (SSSR count). The second-order valence-corrected chi connectivity index (χ2v) is 9.00. The van der Waals surface area contributed by atoms with Gasteiger partial charge in [-0.05, 0) is 61.8 Å². The first kappa shape index (κ1) is 26.1. The maximum absolute atomic E-state index is 11.3. The van der Waals surface area contributed by atoms with Crippen molar-refractivity contribution >= 4 is 11.9 Å². The van der Waals surface area contributed by atoms with Gasteiger partial charge in [0.2, 0.25) is 0 Å². The van der Waals surface area contributed by atoms with Gasteiger partial charge in [-0.2, -0.15) is 0 Å². The zero-order chi connectivity index (χ0) is 24.4. The van der Waals surface area contributed by atoms with Gasteiger partial charge in [0.05, 0.1) is 12.2 Å². The Bertz CT molecular complexity index is 861. The lowest BCUT2D eigenvalue weighted by molar-refractivity contribution is -0.143. The van der Waals surface area contributed by atoms with Crippen molar-refractivity contribution in [3.8, 4) is 0 Å². The standard InChI is InChI=1S/C29H36O4/c1-7-27(30)32-21(3)9-11-23-13-17-25(18-14-23)29(5,6)26-19-15-24(16-20-26)12-10-22(4)33-28(31)8-2/h7-8,13-22H,1-2,9-12H2,3-6H3. The Kier molecular flexibility index (Phi) is 9.65. The molecule has 0 heterocycles. The summed E-state index contributed by atoms with van der Waals surface area (Å²) < 4.78 is 10.5. The summed E-state index contributed by atoms with van der Waals surface area (Å²) in [6, 6.07) is 17.3. The molecule has 0 aliphatic rings. The van der Waals surface area contributed by atoms with Crippen LogP contribution in [0.15, 0.2) is 73.8 Å². The summed E-state index contributed by atoms with van der Waals surface area (Å²) in [4.78, 5) is 22.6. The van der Waals surface area contributed by atoms with E-state index < -0.39 is 0 Å². The van der Waals surface area contributed by atoms with E-state index in [1.54, 1.807) is 0 Å². The molecular weight excluding hydrogens is 412 g/mol. The smallest absolute Gasteiger partial charge is 0.330 e. The highest BCUT2D eigenvalue weighted by atomic mass is 16.5. The number of ether oxygens (including phenoxy) is 2. The van der Waals surface area contributed by atoms with Crippen LogP contribution >= 0.6 is 0 Å². The summed E-state index contributed by atoms with van der Waals surface area (Å²) in [6.07, 6.45) is 5.36. The summed E-state index contributed by atoms with van der Waals surface area (Å²) in [5.41, 5.74) is 4.80. The number of hydrogen-bond donors (Lipinski definition) is 0. The van der Waals surface area contributed by atoms with Crippen molar-refractivity contribution in [2.24, 2.45) is 0 Å². The Morgan fingerprint density at radius 2 is 1.09 bits per heavy atom. The number of esters is 2. The molecule has 0 N–H and O–H groups in total. The van der Waals surface area contributed by atoms with Crippen LogP contribution in [0, 0.1) is 0 Å². The third-order valence-electron chi connectivity index (χ3n) is 6.00. The first-order valence-electron chi connectivity index (χ1n) is 11.5. The number of rotatable bonds is 12. The highest BCUT2D eigenvalue weighted by Gasteiger charge is 2.23. The number of benzene rings is 2. The van der Waals surface area contributed by atoms with Crippen LogP contribution in [0.5, 0.6) is 0 Å². The molecule has 4 nitrogen and oxygen atoms in total. The fourth-order valence-electron chi connectivity index (χ4n) is 3.69. The van der Waals surface area contributed by atoms with Crippen LogP contribution in [0.3, 0.4) is 0 Å². The Morgan fingerprint density at radius 1 is 0.758 bits per heavy atom. The number of carbonyl (C=O) groups excluding carboxylic acids is 2. The minimum Gasteiger partial charge on any atom is -0.460 e. The summed E-state index contributed by atoms with van der Waals surface area (Å²) in [6.45, 7) is 15.1. The molecule has 0 bridgehead atoms. The molecule has 2 unspecified atom stereocenters. The Labute approximate surface area is 198 Å². The van der Waals surface area contributed by atoms with Crippen molar-refractivity contribution in [1.29, 1.82) is 0 Å². The fraction of sp³-hybridized carbons (Fsp3) is 0.379. The molecule has 2 aromatic carbocycles. The van der Waals surface area contributed by atoms with E-state index in [-0.39, 0.29) is 29.6 Å². The van der Waals surface area contributed by atoms with Crippen molar-refractivity contribution in [3.63, 3.8) is 0 Å². The van der Waals surface area contributed by atoms with Crippen molar-refractivity contribution < 1.29 is 19.1 Å². The monoisotopic (exact) mass is 448 g/mol. The van der Waals surface area contributed by atoms with Gasteiger partial charge in [0.15, 0.2) is 0 Å². The van der Waals surface area contributed by atoms with Crippen molar-refractivity contribution in [3.05, 3.63) is 96.1 Å². The third-order valence-corrected chi connectivity index (χ3v) is 6.00. The largest absolute Gasteiger partial charge is 0.460 e. The van der Waals surface area contributed by atoms with Gasteiger partial charge in [0.1, 0.15) is 0 Å². The molecule has 4 heteroatoms. The molecule has 0 fully saturated rings. The molecule has 176 valence electrons. The van der Waals surface area contributed by atoms with Crippen LogP contribution in [-0.2, 0) is 37.3 Å². The van der Waals surface area contributed by atoms with Gasteiger partial charge in [-0.1, -0.05) is 75.5 Å². The summed E-state index contributed by atoms with van der Waals surface area (Å²) in [5, 5.41) is 0. The van der Waals surface area contributed by atoms with Crippen LogP contribution in [-0.4, -0.2) is 24.1 Å². The van der Waals surface area contributed by atoms with Crippen LogP contribution in [0.25, 0.3) is 0 Å². The summed E-state index contributed by atoms with van der Waals surface area (Å²) in [5.74, 6) is -0.757. The fourth-order valence-corrected chi connectivity index (χ4v) is 3.69. The topological polar surface area (TPSA) is 52.6 Å². The molecule has 33 heavy (non-hydrogen) atoms. The van der Waals surface area contributed by atoms with Gasteiger partial charge in [0, 0.05) is 17.6 Å². The normalized spacial score (nSPS) is 13.0. The Morgan fingerprint density at radius 3 is 1.39 bits per heavy atom. The Balaban J connectivity index is 1.95. The van der Waals surface area contributed by atoms with Crippen molar-refractivity contribution in [2.45, 2.75) is 71.0 Å². The molecule has 0 aromatic heterocycles. The predicted molar refractivity (Wildman–Crippen MR) is 133 cm³/mol. The predicted octanol–water partition coefficient (Wildman–Crippen LogP) is 6.11. The lowest BCUT2D eigenvalue weighted by Gasteiger charge is -2.27. The van der Waals surface area contributed by atoms with E-state index in [0.717, 1.165) is 25.7 Å². The van der Waals surface area contributed by atoms with Crippen LogP contribution in [0.4, 0.5) is 0 Å². The molecule has 0 radical (unpaired) electrons. The molecule has 0 saturated carbocycles. The quantitative estimate of drug-likeness (QED) is 0.290. The molecule has 0 spiro atoms. The van der Waals surface area contributed by atoms with E-state index >= 15 is 0 Å². The Hall–Kier alpha value is -3.14. The minimum atomic E-state index is -0.378. The summed E-state index contributed by atoms with van der Waals surface area (Å²) in [7, 11) is 0. The number of hydrogen-bond acceptors (Lipinski definition) is 4. The maximum atomic E-state index is 11.3. The van der Waals surface area contributed by atoms with E-state index in [1.165, 1.54) is 34.4 Å². The van der Waals surface area contributed by atoms with Gasteiger partial charge in [-0.25, -0.2) is 9.59 Å². The third kappa shape index (κ3) is 8.05. The maximum Gasteiger partial charge on any atom is 0.330 e. The number of aryl methyl sites for hydroxylation is 2. The molecule has 2 aromatic rings. The molecule has 0 aliphatic heterocycles. The van der Waals surface area contributed by atoms with Gasteiger partial charge >= 0.3 is 11.9 Å². The van der Waals surface area contributed by atoms with Gasteiger partial charge in [-0.3, -0.25) is 0 Å². The lowest BCUT2D eigenvalue weighted by atomic mass is 9.77. The first-order valence-corrected chi connectivity index (χ1v) is 11.5. The second kappa shape index (κ2) is 12.2. The lowest BCUT2D eigenvalue weighted by Crippen LogP contribution is -2.19. The molecule has 0 aliphatic carbocycles. The van der Waals surface area contributed by atoms with Crippen LogP contribution in [0.1, 0.15) is 62.8 Å². The number of carbonyl (C=O) groups is 2. The summed E-state index contributed by atoms with van der Waals surface area (Å²) >= 11 is 0. The highest BCUT2D eigenvalue weighted by Crippen LogP contribution is 2.32.